The van der Waals surface area contributed by atoms with E-state index in [4.69, 9.17) is 5.73 Å². The first-order valence-corrected chi connectivity index (χ1v) is 6.87. The highest BCUT2D eigenvalue weighted by molar-refractivity contribution is 5.84. The summed E-state index contributed by atoms with van der Waals surface area (Å²) in [4.78, 5) is 20.0. The van der Waals surface area contributed by atoms with Gasteiger partial charge in [-0.2, -0.15) is 9.97 Å². The SMILES string of the molecule is CCCNc1cc(NC(C)C(=O)NC(C)C)nc(N)n1. The molecule has 0 saturated carbocycles. The van der Waals surface area contributed by atoms with Crippen LogP contribution >= 0.6 is 0 Å². The van der Waals surface area contributed by atoms with Gasteiger partial charge in [0.15, 0.2) is 0 Å². The Bertz CT molecular complexity index is 448. The molecular weight excluding hydrogens is 256 g/mol. The molecule has 1 rings (SSSR count). The molecular formula is C13H24N6O. The van der Waals surface area contributed by atoms with Crippen molar-refractivity contribution in [2.45, 2.75) is 46.2 Å². The maximum atomic E-state index is 11.8. The largest absolute Gasteiger partial charge is 0.370 e. The van der Waals surface area contributed by atoms with Crippen molar-refractivity contribution in [1.82, 2.24) is 15.3 Å². The lowest BCUT2D eigenvalue weighted by Gasteiger charge is -2.17. The number of nitrogens with two attached hydrogens (primary N) is 1. The van der Waals surface area contributed by atoms with Gasteiger partial charge in [0.2, 0.25) is 11.9 Å². The maximum absolute atomic E-state index is 11.8. The van der Waals surface area contributed by atoms with Crippen molar-refractivity contribution in [3.8, 4) is 0 Å². The second kappa shape index (κ2) is 7.52. The molecule has 1 aromatic rings. The Morgan fingerprint density at radius 2 is 1.95 bits per heavy atom. The van der Waals surface area contributed by atoms with Crippen molar-refractivity contribution in [3.05, 3.63) is 6.07 Å². The van der Waals surface area contributed by atoms with Crippen LogP contribution in [0.2, 0.25) is 0 Å². The number of rotatable bonds is 7. The number of carbonyl (C=O) groups is 1. The van der Waals surface area contributed by atoms with Crippen LogP contribution in [0.4, 0.5) is 17.6 Å². The minimum atomic E-state index is -0.397. The van der Waals surface area contributed by atoms with Gasteiger partial charge >= 0.3 is 0 Å². The Hall–Kier alpha value is -2.05. The first-order chi connectivity index (χ1) is 9.42. The summed E-state index contributed by atoms with van der Waals surface area (Å²) in [6, 6.07) is 1.44. The molecule has 0 saturated heterocycles. The van der Waals surface area contributed by atoms with Gasteiger partial charge in [-0.1, -0.05) is 6.92 Å². The standard InChI is InChI=1S/C13H24N6O/c1-5-6-15-10-7-11(19-13(14)18-10)17-9(4)12(20)16-8(2)3/h7-9H,5-6H2,1-4H3,(H,16,20)(H4,14,15,17,18,19). The van der Waals surface area contributed by atoms with Crippen molar-refractivity contribution in [3.63, 3.8) is 0 Å². The van der Waals surface area contributed by atoms with Crippen LogP contribution in [0.15, 0.2) is 6.07 Å². The van der Waals surface area contributed by atoms with Crippen LogP contribution in [0.25, 0.3) is 0 Å². The van der Waals surface area contributed by atoms with E-state index in [2.05, 4.69) is 32.8 Å². The van der Waals surface area contributed by atoms with Gasteiger partial charge in [-0.25, -0.2) is 0 Å². The van der Waals surface area contributed by atoms with Gasteiger partial charge in [-0.3, -0.25) is 4.79 Å². The van der Waals surface area contributed by atoms with Gasteiger partial charge in [0, 0.05) is 18.7 Å². The zero-order valence-electron chi connectivity index (χ0n) is 12.5. The summed E-state index contributed by atoms with van der Waals surface area (Å²) in [5.41, 5.74) is 5.66. The number of nitrogen functional groups attached to an aromatic ring is 1. The molecule has 1 unspecified atom stereocenters. The fourth-order valence-corrected chi connectivity index (χ4v) is 1.58. The lowest BCUT2D eigenvalue weighted by atomic mass is 10.3. The smallest absolute Gasteiger partial charge is 0.242 e. The van der Waals surface area contributed by atoms with Gasteiger partial charge < -0.3 is 21.7 Å². The normalized spacial score (nSPS) is 12.1. The Labute approximate surface area is 119 Å². The molecule has 20 heavy (non-hydrogen) atoms. The van der Waals surface area contributed by atoms with E-state index in [1.807, 2.05) is 13.8 Å². The third-order valence-corrected chi connectivity index (χ3v) is 2.49. The molecule has 1 amide bonds. The van der Waals surface area contributed by atoms with Crippen molar-refractivity contribution < 1.29 is 4.79 Å². The molecule has 0 radical (unpaired) electrons. The molecule has 0 aliphatic carbocycles. The summed E-state index contributed by atoms with van der Waals surface area (Å²) in [5, 5.41) is 8.99. The molecule has 5 N–H and O–H groups in total. The third-order valence-electron chi connectivity index (χ3n) is 2.49. The van der Waals surface area contributed by atoms with Gasteiger partial charge in [-0.05, 0) is 27.2 Å². The number of hydrogen-bond acceptors (Lipinski definition) is 6. The van der Waals surface area contributed by atoms with Crippen LogP contribution in [-0.2, 0) is 4.79 Å². The predicted octanol–water partition coefficient (Wildman–Crippen LogP) is 1.21. The first kappa shape index (κ1) is 16.0. The van der Waals surface area contributed by atoms with Crippen LogP contribution in [0.5, 0.6) is 0 Å². The molecule has 1 aromatic heterocycles. The molecule has 7 heteroatoms. The van der Waals surface area contributed by atoms with Gasteiger partial charge in [0.05, 0.1) is 0 Å². The summed E-state index contributed by atoms with van der Waals surface area (Å²) >= 11 is 0. The zero-order valence-corrected chi connectivity index (χ0v) is 12.5. The van der Waals surface area contributed by atoms with E-state index in [0.717, 1.165) is 13.0 Å². The highest BCUT2D eigenvalue weighted by atomic mass is 16.2. The van der Waals surface area contributed by atoms with Crippen LogP contribution < -0.4 is 21.7 Å². The van der Waals surface area contributed by atoms with E-state index in [0.29, 0.717) is 11.6 Å². The molecule has 7 nitrogen and oxygen atoms in total. The summed E-state index contributed by atoms with van der Waals surface area (Å²) < 4.78 is 0. The van der Waals surface area contributed by atoms with E-state index in [-0.39, 0.29) is 17.9 Å². The summed E-state index contributed by atoms with van der Waals surface area (Å²) in [5.74, 6) is 1.27. The summed E-state index contributed by atoms with van der Waals surface area (Å²) in [6.07, 6.45) is 0.986. The van der Waals surface area contributed by atoms with Crippen molar-refractivity contribution in [2.24, 2.45) is 0 Å². The third kappa shape index (κ3) is 5.29. The van der Waals surface area contributed by atoms with Crippen molar-refractivity contribution in [2.75, 3.05) is 22.9 Å². The Morgan fingerprint density at radius 3 is 2.55 bits per heavy atom. The van der Waals surface area contributed by atoms with Gasteiger partial charge in [0.25, 0.3) is 0 Å². The molecule has 0 bridgehead atoms. The van der Waals surface area contributed by atoms with Gasteiger partial charge in [0.1, 0.15) is 17.7 Å². The molecule has 112 valence electrons. The average Bonchev–Trinajstić information content (AvgIpc) is 2.34. The number of amides is 1. The number of carbonyl (C=O) groups excluding carboxylic acids is 1. The maximum Gasteiger partial charge on any atom is 0.242 e. The molecule has 0 aliphatic rings. The zero-order chi connectivity index (χ0) is 15.1. The second-order valence-corrected chi connectivity index (χ2v) is 4.95. The highest BCUT2D eigenvalue weighted by Crippen LogP contribution is 2.13. The fourth-order valence-electron chi connectivity index (χ4n) is 1.58. The lowest BCUT2D eigenvalue weighted by molar-refractivity contribution is -0.122. The minimum absolute atomic E-state index is 0.0831. The van der Waals surface area contributed by atoms with Crippen LogP contribution in [-0.4, -0.2) is 34.5 Å². The van der Waals surface area contributed by atoms with Crippen LogP contribution in [0.1, 0.15) is 34.1 Å². The quantitative estimate of drug-likeness (QED) is 0.598. The summed E-state index contributed by atoms with van der Waals surface area (Å²) in [6.45, 7) is 8.48. The van der Waals surface area contributed by atoms with E-state index in [1.165, 1.54) is 0 Å². The molecule has 0 fully saturated rings. The first-order valence-electron chi connectivity index (χ1n) is 6.87. The molecule has 0 spiro atoms. The number of hydrogen-bond donors (Lipinski definition) is 4. The fraction of sp³-hybridized carbons (Fsp3) is 0.615. The molecule has 1 heterocycles. The second-order valence-electron chi connectivity index (χ2n) is 4.95. The number of aromatic nitrogens is 2. The Kier molecular flexibility index (Phi) is 6.02. The predicted molar refractivity (Wildman–Crippen MR) is 81.6 cm³/mol. The van der Waals surface area contributed by atoms with Crippen LogP contribution in [0, 0.1) is 0 Å². The lowest BCUT2D eigenvalue weighted by Crippen LogP contribution is -2.41. The van der Waals surface area contributed by atoms with E-state index in [1.54, 1.807) is 13.0 Å². The van der Waals surface area contributed by atoms with Crippen molar-refractivity contribution in [1.29, 1.82) is 0 Å². The molecule has 0 aromatic carbocycles. The van der Waals surface area contributed by atoms with E-state index >= 15 is 0 Å². The Morgan fingerprint density at radius 1 is 1.30 bits per heavy atom. The monoisotopic (exact) mass is 280 g/mol. The van der Waals surface area contributed by atoms with E-state index < -0.39 is 6.04 Å². The topological polar surface area (TPSA) is 105 Å². The minimum Gasteiger partial charge on any atom is -0.370 e. The van der Waals surface area contributed by atoms with E-state index in [9.17, 15) is 4.79 Å². The summed E-state index contributed by atoms with van der Waals surface area (Å²) in [7, 11) is 0. The molecule has 0 aliphatic heterocycles. The average molecular weight is 280 g/mol. The van der Waals surface area contributed by atoms with Crippen LogP contribution in [0.3, 0.4) is 0 Å². The molecule has 1 atom stereocenters. The van der Waals surface area contributed by atoms with Crippen molar-refractivity contribution >= 4 is 23.5 Å². The number of nitrogens with one attached hydrogen (secondary N) is 3. The number of nitrogens with zero attached hydrogens (tertiary/aromatic N) is 2. The van der Waals surface area contributed by atoms with Gasteiger partial charge in [-0.15, -0.1) is 0 Å². The number of anilines is 3. The highest BCUT2D eigenvalue weighted by Gasteiger charge is 2.14. The Balaban J connectivity index is 2.71.